The molecule has 0 aromatic heterocycles. The lowest BCUT2D eigenvalue weighted by atomic mass is 9.70. The minimum atomic E-state index is 0.578. The van der Waals surface area contributed by atoms with Crippen molar-refractivity contribution in [1.29, 1.82) is 0 Å². The standard InChI is InChI=1S/C17H31N/c1-5-7-8-9-16(18-14-6-2)15-10-12-17(3,4)13-11-15/h15-16,18H,6,8-14H2,1-4H3. The molecule has 0 aliphatic heterocycles. The van der Waals surface area contributed by atoms with E-state index in [9.17, 15) is 0 Å². The number of hydrogen-bond donors (Lipinski definition) is 1. The molecule has 1 heteroatoms. The second-order valence-electron chi connectivity index (χ2n) is 6.53. The Morgan fingerprint density at radius 1 is 1.28 bits per heavy atom. The average molecular weight is 249 g/mol. The van der Waals surface area contributed by atoms with Crippen LogP contribution in [0.5, 0.6) is 0 Å². The predicted molar refractivity (Wildman–Crippen MR) is 80.5 cm³/mol. The molecule has 1 aliphatic rings. The highest BCUT2D eigenvalue weighted by Crippen LogP contribution is 2.39. The highest BCUT2D eigenvalue weighted by molar-refractivity contribution is 4.96. The minimum absolute atomic E-state index is 0.578. The lowest BCUT2D eigenvalue weighted by molar-refractivity contribution is 0.158. The molecule has 1 unspecified atom stereocenters. The molecular weight excluding hydrogens is 218 g/mol. The second-order valence-corrected chi connectivity index (χ2v) is 6.53. The van der Waals surface area contributed by atoms with Crippen molar-refractivity contribution < 1.29 is 0 Å². The van der Waals surface area contributed by atoms with Crippen molar-refractivity contribution in [2.45, 2.75) is 78.7 Å². The van der Waals surface area contributed by atoms with E-state index < -0.39 is 0 Å². The smallest absolute Gasteiger partial charge is 0.0104 e. The van der Waals surface area contributed by atoms with E-state index in [1.165, 1.54) is 38.5 Å². The molecule has 1 saturated carbocycles. The molecule has 0 radical (unpaired) electrons. The van der Waals surface area contributed by atoms with Crippen LogP contribution >= 0.6 is 0 Å². The van der Waals surface area contributed by atoms with Gasteiger partial charge in [0, 0.05) is 12.5 Å². The highest BCUT2D eigenvalue weighted by Gasteiger charge is 2.30. The Kier molecular flexibility index (Phi) is 6.79. The van der Waals surface area contributed by atoms with E-state index in [-0.39, 0.29) is 0 Å². The van der Waals surface area contributed by atoms with Gasteiger partial charge in [-0.25, -0.2) is 0 Å². The molecule has 1 aliphatic carbocycles. The molecule has 18 heavy (non-hydrogen) atoms. The zero-order valence-corrected chi connectivity index (χ0v) is 12.8. The minimum Gasteiger partial charge on any atom is -0.314 e. The van der Waals surface area contributed by atoms with Gasteiger partial charge in [0.05, 0.1) is 0 Å². The zero-order chi connectivity index (χ0) is 13.4. The molecule has 0 bridgehead atoms. The summed E-state index contributed by atoms with van der Waals surface area (Å²) in [6, 6.07) is 0.696. The molecule has 0 aromatic carbocycles. The van der Waals surface area contributed by atoms with Crippen molar-refractivity contribution in [2.75, 3.05) is 6.54 Å². The zero-order valence-electron chi connectivity index (χ0n) is 12.8. The Morgan fingerprint density at radius 3 is 2.50 bits per heavy atom. The molecule has 0 heterocycles. The summed E-state index contributed by atoms with van der Waals surface area (Å²) in [4.78, 5) is 0. The first kappa shape index (κ1) is 15.6. The quantitative estimate of drug-likeness (QED) is 0.689. The van der Waals surface area contributed by atoms with Crippen LogP contribution in [0.1, 0.15) is 72.6 Å². The largest absolute Gasteiger partial charge is 0.314 e. The van der Waals surface area contributed by atoms with Crippen LogP contribution in [0, 0.1) is 23.2 Å². The summed E-state index contributed by atoms with van der Waals surface area (Å²) in [5.41, 5.74) is 0.578. The molecule has 0 aromatic rings. The van der Waals surface area contributed by atoms with Crippen LogP contribution in [0.25, 0.3) is 0 Å². The number of rotatable bonds is 6. The van der Waals surface area contributed by atoms with Crippen molar-refractivity contribution in [3.8, 4) is 11.8 Å². The van der Waals surface area contributed by atoms with Gasteiger partial charge >= 0.3 is 0 Å². The number of nitrogens with one attached hydrogen (secondary N) is 1. The molecule has 1 atom stereocenters. The fraction of sp³-hybridized carbons (Fsp3) is 0.882. The first-order valence-electron chi connectivity index (χ1n) is 7.72. The van der Waals surface area contributed by atoms with Crippen LogP contribution in [-0.2, 0) is 0 Å². The van der Waals surface area contributed by atoms with Crippen LogP contribution in [0.4, 0.5) is 0 Å². The van der Waals surface area contributed by atoms with Gasteiger partial charge in [-0.15, -0.1) is 11.8 Å². The molecule has 1 fully saturated rings. The Labute approximate surface area is 114 Å². The summed E-state index contributed by atoms with van der Waals surface area (Å²) < 4.78 is 0. The van der Waals surface area contributed by atoms with Gasteiger partial charge in [0.15, 0.2) is 0 Å². The van der Waals surface area contributed by atoms with E-state index in [1.54, 1.807) is 0 Å². The second kappa shape index (κ2) is 7.85. The van der Waals surface area contributed by atoms with Gasteiger partial charge in [0.1, 0.15) is 0 Å². The van der Waals surface area contributed by atoms with Crippen molar-refractivity contribution in [2.24, 2.45) is 11.3 Å². The maximum absolute atomic E-state index is 3.76. The SMILES string of the molecule is CC#CCCC(NCCC)C1CCC(C)(C)CC1. The van der Waals surface area contributed by atoms with Crippen LogP contribution in [-0.4, -0.2) is 12.6 Å². The van der Waals surface area contributed by atoms with Gasteiger partial charge in [-0.2, -0.15) is 0 Å². The molecule has 1 nitrogen and oxygen atoms in total. The van der Waals surface area contributed by atoms with Gasteiger partial charge in [0.25, 0.3) is 0 Å². The molecule has 1 N–H and O–H groups in total. The first-order valence-corrected chi connectivity index (χ1v) is 7.72. The molecular formula is C17H31N. The average Bonchev–Trinajstić information content (AvgIpc) is 2.34. The van der Waals surface area contributed by atoms with Crippen molar-refractivity contribution in [1.82, 2.24) is 5.32 Å². The fourth-order valence-electron chi connectivity index (χ4n) is 3.01. The normalized spacial score (nSPS) is 21.1. The summed E-state index contributed by atoms with van der Waals surface area (Å²) in [5.74, 6) is 7.12. The predicted octanol–water partition coefficient (Wildman–Crippen LogP) is 4.37. The summed E-state index contributed by atoms with van der Waals surface area (Å²) in [6.07, 6.45) is 9.09. The summed E-state index contributed by atoms with van der Waals surface area (Å²) in [6.45, 7) is 10.2. The third-order valence-electron chi connectivity index (χ3n) is 4.37. The molecule has 0 spiro atoms. The summed E-state index contributed by atoms with van der Waals surface area (Å²) >= 11 is 0. The Bertz CT molecular complexity index is 272. The Balaban J connectivity index is 2.45. The number of hydrogen-bond acceptors (Lipinski definition) is 1. The van der Waals surface area contributed by atoms with E-state index in [0.717, 1.165) is 18.9 Å². The maximum atomic E-state index is 3.76. The van der Waals surface area contributed by atoms with E-state index in [2.05, 4.69) is 37.9 Å². The molecule has 0 saturated heterocycles. The highest BCUT2D eigenvalue weighted by atomic mass is 14.9. The Hall–Kier alpha value is -0.480. The third-order valence-corrected chi connectivity index (χ3v) is 4.37. The van der Waals surface area contributed by atoms with E-state index in [4.69, 9.17) is 0 Å². The third kappa shape index (κ3) is 5.44. The van der Waals surface area contributed by atoms with Gasteiger partial charge < -0.3 is 5.32 Å². The van der Waals surface area contributed by atoms with Crippen molar-refractivity contribution in [3.63, 3.8) is 0 Å². The van der Waals surface area contributed by atoms with Gasteiger partial charge in [-0.1, -0.05) is 20.8 Å². The monoisotopic (exact) mass is 249 g/mol. The van der Waals surface area contributed by atoms with E-state index in [0.29, 0.717) is 11.5 Å². The lowest BCUT2D eigenvalue weighted by Crippen LogP contribution is -2.39. The van der Waals surface area contributed by atoms with Crippen molar-refractivity contribution >= 4 is 0 Å². The van der Waals surface area contributed by atoms with E-state index >= 15 is 0 Å². The molecule has 0 amide bonds. The molecule has 1 rings (SSSR count). The van der Waals surface area contributed by atoms with Crippen LogP contribution in [0.2, 0.25) is 0 Å². The maximum Gasteiger partial charge on any atom is 0.0104 e. The fourth-order valence-corrected chi connectivity index (χ4v) is 3.01. The van der Waals surface area contributed by atoms with Gasteiger partial charge in [-0.05, 0) is 63.3 Å². The van der Waals surface area contributed by atoms with Crippen LogP contribution < -0.4 is 5.32 Å². The van der Waals surface area contributed by atoms with Gasteiger partial charge in [0.2, 0.25) is 0 Å². The van der Waals surface area contributed by atoms with Crippen molar-refractivity contribution in [3.05, 3.63) is 0 Å². The van der Waals surface area contributed by atoms with E-state index in [1.807, 2.05) is 6.92 Å². The summed E-state index contributed by atoms with van der Waals surface area (Å²) in [7, 11) is 0. The Morgan fingerprint density at radius 2 is 1.94 bits per heavy atom. The topological polar surface area (TPSA) is 12.0 Å². The first-order chi connectivity index (χ1) is 8.59. The lowest BCUT2D eigenvalue weighted by Gasteiger charge is -2.38. The van der Waals surface area contributed by atoms with Crippen LogP contribution in [0.15, 0.2) is 0 Å². The van der Waals surface area contributed by atoms with Crippen LogP contribution in [0.3, 0.4) is 0 Å². The molecule has 104 valence electrons. The van der Waals surface area contributed by atoms with Gasteiger partial charge in [-0.3, -0.25) is 0 Å². The summed E-state index contributed by atoms with van der Waals surface area (Å²) in [5, 5.41) is 3.76.